The van der Waals surface area contributed by atoms with Crippen LogP contribution in [-0.4, -0.2) is 6.04 Å². The predicted octanol–water partition coefficient (Wildman–Crippen LogP) is 3.74. The number of hydrogen-bond acceptors (Lipinski definition) is 2. The number of benzene rings is 1. The number of thiophene rings is 1. The molecule has 2 heteroatoms. The quantitative estimate of drug-likeness (QED) is 0.867. The molecule has 2 N–H and O–H groups in total. The molecule has 1 aromatic heterocycles. The molecule has 0 bridgehead atoms. The molecule has 1 aliphatic carbocycles. The van der Waals surface area contributed by atoms with Crippen LogP contribution < -0.4 is 5.73 Å². The summed E-state index contributed by atoms with van der Waals surface area (Å²) in [6, 6.07) is 13.3. The van der Waals surface area contributed by atoms with Crippen molar-refractivity contribution in [2.45, 2.75) is 37.1 Å². The van der Waals surface area contributed by atoms with Crippen LogP contribution in [0.5, 0.6) is 0 Å². The van der Waals surface area contributed by atoms with Gasteiger partial charge < -0.3 is 5.73 Å². The van der Waals surface area contributed by atoms with Gasteiger partial charge in [-0.05, 0) is 53.6 Å². The largest absolute Gasteiger partial charge is 0.327 e. The second kappa shape index (κ2) is 4.87. The molecule has 1 fully saturated rings. The summed E-state index contributed by atoms with van der Waals surface area (Å²) in [6.07, 6.45) is 4.70. The molecule has 1 aromatic carbocycles. The number of rotatable bonds is 5. The van der Waals surface area contributed by atoms with Crippen molar-refractivity contribution in [2.24, 2.45) is 5.73 Å². The molecule has 1 aliphatic rings. The molecule has 18 heavy (non-hydrogen) atoms. The first kappa shape index (κ1) is 11.9. The Hall–Kier alpha value is -1.12. The van der Waals surface area contributed by atoms with Gasteiger partial charge in [0, 0.05) is 11.5 Å². The van der Waals surface area contributed by atoms with Gasteiger partial charge in [-0.3, -0.25) is 0 Å². The van der Waals surface area contributed by atoms with Gasteiger partial charge in [-0.15, -0.1) is 0 Å². The van der Waals surface area contributed by atoms with E-state index in [0.717, 1.165) is 12.8 Å². The van der Waals surface area contributed by atoms with E-state index in [1.54, 1.807) is 11.3 Å². The predicted molar refractivity (Wildman–Crippen MR) is 78.0 cm³/mol. The highest BCUT2D eigenvalue weighted by Crippen LogP contribution is 2.51. The van der Waals surface area contributed by atoms with E-state index in [-0.39, 0.29) is 5.41 Å². The summed E-state index contributed by atoms with van der Waals surface area (Å²) in [5.74, 6) is 0. The second-order valence-corrected chi connectivity index (χ2v) is 6.08. The van der Waals surface area contributed by atoms with Crippen molar-refractivity contribution in [3.8, 4) is 0 Å². The molecule has 94 valence electrons. The van der Waals surface area contributed by atoms with Gasteiger partial charge in [-0.2, -0.15) is 11.3 Å². The lowest BCUT2D eigenvalue weighted by Crippen LogP contribution is -2.35. The van der Waals surface area contributed by atoms with E-state index in [0.29, 0.717) is 6.04 Å². The van der Waals surface area contributed by atoms with E-state index in [9.17, 15) is 0 Å². The molecule has 0 amide bonds. The summed E-state index contributed by atoms with van der Waals surface area (Å²) in [5, 5.41) is 4.37. The molecule has 2 aromatic rings. The fraction of sp³-hybridized carbons (Fsp3) is 0.375. The molecule has 1 nitrogen and oxygen atoms in total. The van der Waals surface area contributed by atoms with Crippen LogP contribution in [0.1, 0.15) is 30.4 Å². The zero-order valence-electron chi connectivity index (χ0n) is 10.5. The SMILES string of the molecule is NC(CCc1ccsc1)C1(c2ccccc2)CC1. The first-order valence-electron chi connectivity index (χ1n) is 6.63. The topological polar surface area (TPSA) is 26.0 Å². The van der Waals surface area contributed by atoms with E-state index in [1.165, 1.54) is 24.0 Å². The Morgan fingerprint density at radius 3 is 2.56 bits per heavy atom. The molecule has 0 spiro atoms. The van der Waals surface area contributed by atoms with Crippen LogP contribution >= 0.6 is 11.3 Å². The monoisotopic (exact) mass is 257 g/mol. The zero-order chi connectivity index (χ0) is 12.4. The minimum atomic E-state index is 0.275. The molecule has 1 heterocycles. The molecular formula is C16H19NS. The number of nitrogens with two attached hydrogens (primary N) is 1. The van der Waals surface area contributed by atoms with Gasteiger partial charge in [-0.1, -0.05) is 30.3 Å². The Kier molecular flexibility index (Phi) is 3.23. The lowest BCUT2D eigenvalue weighted by molar-refractivity contribution is 0.485. The van der Waals surface area contributed by atoms with Crippen molar-refractivity contribution in [3.63, 3.8) is 0 Å². The van der Waals surface area contributed by atoms with Crippen molar-refractivity contribution in [2.75, 3.05) is 0 Å². The van der Waals surface area contributed by atoms with Gasteiger partial charge in [0.15, 0.2) is 0 Å². The fourth-order valence-electron chi connectivity index (χ4n) is 2.81. The first-order valence-corrected chi connectivity index (χ1v) is 7.58. The van der Waals surface area contributed by atoms with Gasteiger partial charge in [-0.25, -0.2) is 0 Å². The highest BCUT2D eigenvalue weighted by atomic mass is 32.1. The molecular weight excluding hydrogens is 238 g/mol. The van der Waals surface area contributed by atoms with Crippen LogP contribution in [0.25, 0.3) is 0 Å². The normalized spacial score (nSPS) is 18.5. The van der Waals surface area contributed by atoms with E-state index in [4.69, 9.17) is 5.73 Å². The Morgan fingerprint density at radius 1 is 1.17 bits per heavy atom. The van der Waals surface area contributed by atoms with Crippen LogP contribution in [0.4, 0.5) is 0 Å². The summed E-state index contributed by atoms with van der Waals surface area (Å²) >= 11 is 1.77. The average Bonchev–Trinajstić information content (AvgIpc) is 3.07. The smallest absolute Gasteiger partial charge is 0.0139 e. The first-order chi connectivity index (χ1) is 8.81. The van der Waals surface area contributed by atoms with Gasteiger partial charge in [0.1, 0.15) is 0 Å². The third-order valence-electron chi connectivity index (χ3n) is 4.17. The van der Waals surface area contributed by atoms with E-state index in [2.05, 4.69) is 47.2 Å². The fourth-order valence-corrected chi connectivity index (χ4v) is 3.51. The van der Waals surface area contributed by atoms with Crippen molar-refractivity contribution in [1.82, 2.24) is 0 Å². The van der Waals surface area contributed by atoms with Crippen molar-refractivity contribution >= 4 is 11.3 Å². The van der Waals surface area contributed by atoms with Crippen molar-refractivity contribution in [1.29, 1.82) is 0 Å². The number of aryl methyl sites for hydroxylation is 1. The van der Waals surface area contributed by atoms with Crippen LogP contribution in [0, 0.1) is 0 Å². The maximum Gasteiger partial charge on any atom is 0.0139 e. The summed E-state index contributed by atoms with van der Waals surface area (Å²) in [7, 11) is 0. The van der Waals surface area contributed by atoms with E-state index >= 15 is 0 Å². The summed E-state index contributed by atoms with van der Waals surface area (Å²) in [6.45, 7) is 0. The van der Waals surface area contributed by atoms with E-state index in [1.807, 2.05) is 0 Å². The highest BCUT2D eigenvalue weighted by Gasteiger charge is 2.48. The Morgan fingerprint density at radius 2 is 1.94 bits per heavy atom. The van der Waals surface area contributed by atoms with Crippen molar-refractivity contribution in [3.05, 3.63) is 58.3 Å². The highest BCUT2D eigenvalue weighted by molar-refractivity contribution is 7.07. The molecule has 1 unspecified atom stereocenters. The van der Waals surface area contributed by atoms with Crippen LogP contribution in [0.2, 0.25) is 0 Å². The van der Waals surface area contributed by atoms with E-state index < -0.39 is 0 Å². The Balaban J connectivity index is 1.67. The van der Waals surface area contributed by atoms with Crippen molar-refractivity contribution < 1.29 is 0 Å². The Bertz CT molecular complexity index is 485. The maximum absolute atomic E-state index is 6.47. The molecule has 0 saturated heterocycles. The van der Waals surface area contributed by atoms with Gasteiger partial charge in [0.25, 0.3) is 0 Å². The third kappa shape index (κ3) is 2.23. The zero-order valence-corrected chi connectivity index (χ0v) is 11.3. The molecule has 3 rings (SSSR count). The standard InChI is InChI=1S/C16H19NS/c17-15(7-6-13-8-11-18-12-13)16(9-10-16)14-4-2-1-3-5-14/h1-5,8,11-12,15H,6-7,9-10,17H2. The molecule has 1 atom stereocenters. The lowest BCUT2D eigenvalue weighted by atomic mass is 9.85. The minimum absolute atomic E-state index is 0.275. The van der Waals surface area contributed by atoms with Crippen LogP contribution in [0.15, 0.2) is 47.2 Å². The average molecular weight is 257 g/mol. The van der Waals surface area contributed by atoms with Crippen LogP contribution in [-0.2, 0) is 11.8 Å². The summed E-state index contributed by atoms with van der Waals surface area (Å²) < 4.78 is 0. The van der Waals surface area contributed by atoms with Gasteiger partial charge in [0.2, 0.25) is 0 Å². The third-order valence-corrected chi connectivity index (χ3v) is 4.90. The minimum Gasteiger partial charge on any atom is -0.327 e. The second-order valence-electron chi connectivity index (χ2n) is 5.30. The van der Waals surface area contributed by atoms with Crippen LogP contribution in [0.3, 0.4) is 0 Å². The van der Waals surface area contributed by atoms with Gasteiger partial charge >= 0.3 is 0 Å². The van der Waals surface area contributed by atoms with Gasteiger partial charge in [0.05, 0.1) is 0 Å². The lowest BCUT2D eigenvalue weighted by Gasteiger charge is -2.23. The molecule has 0 aliphatic heterocycles. The molecule has 1 saturated carbocycles. The number of hydrogen-bond donors (Lipinski definition) is 1. The summed E-state index contributed by atoms with van der Waals surface area (Å²) in [5.41, 5.74) is 9.60. The maximum atomic E-state index is 6.47. The molecule has 0 radical (unpaired) electrons. The summed E-state index contributed by atoms with van der Waals surface area (Å²) in [4.78, 5) is 0. The Labute approximate surface area is 113 Å².